The fourth-order valence-corrected chi connectivity index (χ4v) is 5.31. The van der Waals surface area contributed by atoms with Gasteiger partial charge in [0, 0.05) is 35.7 Å². The van der Waals surface area contributed by atoms with E-state index in [9.17, 15) is 9.59 Å². The van der Waals surface area contributed by atoms with Crippen LogP contribution >= 0.6 is 0 Å². The number of hydrogen-bond acceptors (Lipinski definition) is 3. The van der Waals surface area contributed by atoms with Crippen molar-refractivity contribution in [2.24, 2.45) is 7.05 Å². The zero-order valence-electron chi connectivity index (χ0n) is 20.4. The molecule has 174 valence electrons. The Morgan fingerprint density at radius 3 is 2.38 bits per heavy atom. The molecule has 0 saturated carbocycles. The summed E-state index contributed by atoms with van der Waals surface area (Å²) >= 11 is 0. The molecule has 1 unspecified atom stereocenters. The van der Waals surface area contributed by atoms with Crippen LogP contribution in [-0.4, -0.2) is 32.3 Å². The van der Waals surface area contributed by atoms with Crippen LogP contribution < -0.4 is 10.5 Å². The quantitative estimate of drug-likeness (QED) is 0.417. The molecule has 0 N–H and O–H groups in total. The van der Waals surface area contributed by atoms with Crippen molar-refractivity contribution in [1.82, 2.24) is 13.9 Å². The van der Waals surface area contributed by atoms with E-state index >= 15 is 0 Å². The lowest BCUT2D eigenvalue weighted by Crippen LogP contribution is -2.34. The Morgan fingerprint density at radius 2 is 1.65 bits per heavy atom. The lowest BCUT2D eigenvalue weighted by Gasteiger charge is -2.24. The number of rotatable bonds is 5. The van der Waals surface area contributed by atoms with Crippen molar-refractivity contribution in [3.05, 3.63) is 99.2 Å². The predicted octanol–water partition coefficient (Wildman–Crippen LogP) is 4.53. The molecular weight excluding hydrogens is 424 g/mol. The van der Waals surface area contributed by atoms with Crippen LogP contribution in [0.5, 0.6) is 0 Å². The summed E-state index contributed by atoms with van der Waals surface area (Å²) in [6.45, 7) is 8.32. The Labute approximate surface area is 199 Å². The molecule has 0 spiro atoms. The molecule has 0 bridgehead atoms. The van der Waals surface area contributed by atoms with Crippen molar-refractivity contribution in [2.45, 2.75) is 40.2 Å². The highest BCUT2D eigenvalue weighted by Gasteiger charge is 2.29. The van der Waals surface area contributed by atoms with Crippen LogP contribution in [0, 0.1) is 20.8 Å². The molecule has 0 aliphatic carbocycles. The summed E-state index contributed by atoms with van der Waals surface area (Å²) in [4.78, 5) is 29.3. The Hall–Kier alpha value is -3.80. The van der Waals surface area contributed by atoms with Gasteiger partial charge in [0.15, 0.2) is 5.78 Å². The first-order valence-electron chi connectivity index (χ1n) is 11.7. The van der Waals surface area contributed by atoms with Crippen LogP contribution in [0.2, 0.25) is 0 Å². The maximum absolute atomic E-state index is 13.6. The number of anilines is 1. The molecule has 3 heterocycles. The number of hydrogen-bond donors (Lipinski definition) is 0. The van der Waals surface area contributed by atoms with Gasteiger partial charge in [-0.05, 0) is 63.9 Å². The van der Waals surface area contributed by atoms with E-state index in [1.54, 1.807) is 4.68 Å². The van der Waals surface area contributed by atoms with Crippen molar-refractivity contribution < 1.29 is 4.79 Å². The molecule has 0 saturated heterocycles. The van der Waals surface area contributed by atoms with Crippen molar-refractivity contribution in [3.63, 3.8) is 0 Å². The third-order valence-electron chi connectivity index (χ3n) is 7.14. The minimum atomic E-state index is -0.103. The molecule has 1 aliphatic heterocycles. The second-order valence-corrected chi connectivity index (χ2v) is 9.26. The van der Waals surface area contributed by atoms with Gasteiger partial charge in [0.25, 0.3) is 5.56 Å². The minimum absolute atomic E-state index is 0.0693. The van der Waals surface area contributed by atoms with Gasteiger partial charge < -0.3 is 9.47 Å². The van der Waals surface area contributed by atoms with Gasteiger partial charge in [-0.2, -0.15) is 0 Å². The number of benzene rings is 2. The molecule has 0 radical (unpaired) electrons. The first-order chi connectivity index (χ1) is 16.3. The molecule has 4 aromatic rings. The number of aromatic nitrogens is 3. The zero-order valence-corrected chi connectivity index (χ0v) is 20.4. The van der Waals surface area contributed by atoms with Crippen LogP contribution in [0.3, 0.4) is 0 Å². The van der Waals surface area contributed by atoms with E-state index in [1.807, 2.05) is 79.5 Å². The molecule has 1 aliphatic rings. The molecule has 1 atom stereocenters. The second kappa shape index (κ2) is 8.20. The molecule has 6 heteroatoms. The summed E-state index contributed by atoms with van der Waals surface area (Å²) in [5.74, 6) is 0.0693. The van der Waals surface area contributed by atoms with Crippen LogP contribution in [0.25, 0.3) is 11.4 Å². The molecule has 5 rings (SSSR count). The minimum Gasteiger partial charge on any atom is -0.361 e. The lowest BCUT2D eigenvalue weighted by atomic mass is 10.1. The van der Waals surface area contributed by atoms with Crippen LogP contribution in [0.4, 0.5) is 5.69 Å². The molecule has 6 nitrogen and oxygen atoms in total. The number of fused-ring (bicyclic) bond motifs is 1. The average molecular weight is 455 g/mol. The van der Waals surface area contributed by atoms with Crippen molar-refractivity contribution in [2.75, 3.05) is 11.4 Å². The maximum atomic E-state index is 13.6. The van der Waals surface area contributed by atoms with Crippen molar-refractivity contribution in [1.29, 1.82) is 0 Å². The summed E-state index contributed by atoms with van der Waals surface area (Å²) in [7, 11) is 1.89. The Morgan fingerprint density at radius 1 is 0.971 bits per heavy atom. The van der Waals surface area contributed by atoms with Crippen LogP contribution in [0.1, 0.15) is 39.9 Å². The highest BCUT2D eigenvalue weighted by Crippen LogP contribution is 2.32. The smallest absolute Gasteiger partial charge is 0.295 e. The highest BCUT2D eigenvalue weighted by atomic mass is 16.1. The molecule has 0 fully saturated rings. The van der Waals surface area contributed by atoms with Gasteiger partial charge in [-0.15, -0.1) is 0 Å². The van der Waals surface area contributed by atoms with E-state index in [-0.39, 0.29) is 17.4 Å². The Kier molecular flexibility index (Phi) is 5.31. The lowest BCUT2D eigenvalue weighted by molar-refractivity contribution is 0.0997. The average Bonchev–Trinajstić information content (AvgIpc) is 3.38. The van der Waals surface area contributed by atoms with Gasteiger partial charge in [0.2, 0.25) is 0 Å². The van der Waals surface area contributed by atoms with Gasteiger partial charge in [0.05, 0.1) is 17.9 Å². The fourth-order valence-electron chi connectivity index (χ4n) is 5.31. The van der Waals surface area contributed by atoms with E-state index in [0.29, 0.717) is 17.8 Å². The molecular formula is C28H30N4O2. The highest BCUT2D eigenvalue weighted by molar-refractivity contribution is 6.01. The first kappa shape index (κ1) is 22.0. The van der Waals surface area contributed by atoms with Crippen LogP contribution in [0.15, 0.2) is 65.5 Å². The fraction of sp³-hybridized carbons (Fsp3) is 0.286. The maximum Gasteiger partial charge on any atom is 0.295 e. The number of Topliss-reactive ketones (excluding diaryl/α,β-unsaturated/α-hetero) is 1. The van der Waals surface area contributed by atoms with Gasteiger partial charge in [-0.3, -0.25) is 14.3 Å². The first-order valence-corrected chi connectivity index (χ1v) is 11.7. The summed E-state index contributed by atoms with van der Waals surface area (Å²) in [6.07, 6.45) is 0.949. The van der Waals surface area contributed by atoms with E-state index in [0.717, 1.165) is 34.9 Å². The summed E-state index contributed by atoms with van der Waals surface area (Å²) in [5, 5.41) is 0. The SMILES string of the molecule is Cc1cc(C(=O)CN2c3ccccc3CC2C)c(C)n1-c1c(C)n(C)n(-c2ccccc2)c1=O. The Balaban J connectivity index is 1.54. The summed E-state index contributed by atoms with van der Waals surface area (Å²) < 4.78 is 5.48. The van der Waals surface area contributed by atoms with E-state index < -0.39 is 0 Å². The number of carbonyl (C=O) groups excluding carboxylic acids is 1. The van der Waals surface area contributed by atoms with Gasteiger partial charge in [-0.1, -0.05) is 36.4 Å². The third kappa shape index (κ3) is 3.33. The third-order valence-corrected chi connectivity index (χ3v) is 7.14. The van der Waals surface area contributed by atoms with Crippen molar-refractivity contribution >= 4 is 11.5 Å². The van der Waals surface area contributed by atoms with Gasteiger partial charge in [0.1, 0.15) is 5.69 Å². The number of ketones is 1. The van der Waals surface area contributed by atoms with E-state index in [4.69, 9.17) is 0 Å². The van der Waals surface area contributed by atoms with Crippen LogP contribution in [-0.2, 0) is 13.5 Å². The number of aryl methyl sites for hydroxylation is 1. The number of para-hydroxylation sites is 2. The summed E-state index contributed by atoms with van der Waals surface area (Å²) in [5.41, 5.74) is 6.91. The molecule has 34 heavy (non-hydrogen) atoms. The molecule has 2 aromatic carbocycles. The van der Waals surface area contributed by atoms with Gasteiger partial charge in [-0.25, -0.2) is 4.68 Å². The zero-order chi connectivity index (χ0) is 24.1. The summed E-state index contributed by atoms with van der Waals surface area (Å²) in [6, 6.07) is 20.1. The number of carbonyl (C=O) groups is 1. The normalized spacial score (nSPS) is 15.1. The monoisotopic (exact) mass is 454 g/mol. The predicted molar refractivity (Wildman–Crippen MR) is 136 cm³/mol. The molecule has 2 aromatic heterocycles. The topological polar surface area (TPSA) is 52.2 Å². The number of nitrogens with zero attached hydrogens (tertiary/aromatic N) is 4. The van der Waals surface area contributed by atoms with Crippen molar-refractivity contribution in [3.8, 4) is 11.4 Å². The Bertz CT molecular complexity index is 1460. The van der Waals surface area contributed by atoms with E-state index in [1.165, 1.54) is 5.56 Å². The van der Waals surface area contributed by atoms with Gasteiger partial charge >= 0.3 is 0 Å². The second-order valence-electron chi connectivity index (χ2n) is 9.26. The van der Waals surface area contributed by atoms with E-state index in [2.05, 4.69) is 30.0 Å². The standard InChI is InChI=1S/C28H30N4O2/c1-18-15-22-11-9-10-14-25(22)30(18)17-26(33)24-16-19(2)31(20(24)3)27-21(4)29(5)32(28(27)34)23-12-7-6-8-13-23/h6-14,16,18H,15,17H2,1-5H3. The molecule has 0 amide bonds. The largest absolute Gasteiger partial charge is 0.361 e.